The average molecular weight is 650 g/mol. The van der Waals surface area contributed by atoms with E-state index in [-0.39, 0.29) is 0 Å². The van der Waals surface area contributed by atoms with Crippen molar-refractivity contribution in [2.75, 3.05) is 0 Å². The van der Waals surface area contributed by atoms with Crippen molar-refractivity contribution in [3.63, 3.8) is 0 Å². The Morgan fingerprint density at radius 2 is 0.784 bits per heavy atom. The van der Waals surface area contributed by atoms with Gasteiger partial charge in [0, 0.05) is 27.6 Å². The summed E-state index contributed by atoms with van der Waals surface area (Å²) in [6.45, 7) is 0. The number of nitrogens with zero attached hydrogens (tertiary/aromatic N) is 3. The molecule has 0 radical (unpaired) electrons. The van der Waals surface area contributed by atoms with Crippen molar-refractivity contribution >= 4 is 43.4 Å². The fourth-order valence-electron chi connectivity index (χ4n) is 7.65. The molecule has 0 N–H and O–H groups in total. The molecule has 0 aliphatic heterocycles. The molecule has 51 heavy (non-hydrogen) atoms. The molecule has 3 aromatic heterocycles. The van der Waals surface area contributed by atoms with Crippen molar-refractivity contribution in [2.24, 2.45) is 0 Å². The van der Waals surface area contributed by atoms with E-state index in [1.807, 2.05) is 0 Å². The van der Waals surface area contributed by atoms with Crippen LogP contribution in [0.15, 0.2) is 188 Å². The highest BCUT2D eigenvalue weighted by Crippen LogP contribution is 2.45. The van der Waals surface area contributed by atoms with E-state index in [4.69, 9.17) is 9.97 Å². The van der Waals surface area contributed by atoms with Crippen LogP contribution in [0.3, 0.4) is 0 Å². The van der Waals surface area contributed by atoms with E-state index >= 15 is 0 Å². The van der Waals surface area contributed by atoms with Crippen molar-refractivity contribution in [3.05, 3.63) is 188 Å². The highest BCUT2D eigenvalue weighted by atomic mass is 15.0. The fourth-order valence-corrected chi connectivity index (χ4v) is 7.65. The zero-order valence-corrected chi connectivity index (χ0v) is 27.7. The quantitative estimate of drug-likeness (QED) is 0.174. The Kier molecular flexibility index (Phi) is 6.81. The standard InChI is InChI=1S/C48H31N3/c1-3-15-34(16-4-1)45-29-30-46(35-17-5-2-6-18-35)51(45)36-25-26-39-40(31-36)48(44-28-24-33-14-8-12-22-42(33)50-44)38-20-10-9-19-37(38)47(39)43-27-23-32-13-7-11-21-41(32)49-43/h1-31H. The number of fused-ring (bicyclic) bond motifs is 4. The van der Waals surface area contributed by atoms with Gasteiger partial charge in [-0.25, -0.2) is 9.97 Å². The Morgan fingerprint density at radius 1 is 0.333 bits per heavy atom. The summed E-state index contributed by atoms with van der Waals surface area (Å²) in [6.07, 6.45) is 0. The van der Waals surface area contributed by atoms with Gasteiger partial charge in [-0.15, -0.1) is 0 Å². The lowest BCUT2D eigenvalue weighted by atomic mass is 9.88. The van der Waals surface area contributed by atoms with E-state index in [9.17, 15) is 0 Å². The third kappa shape index (κ3) is 4.90. The summed E-state index contributed by atoms with van der Waals surface area (Å²) < 4.78 is 2.39. The van der Waals surface area contributed by atoms with Gasteiger partial charge in [-0.05, 0) is 81.2 Å². The van der Waals surface area contributed by atoms with Crippen LogP contribution in [0.4, 0.5) is 0 Å². The number of aromatic nitrogens is 3. The summed E-state index contributed by atoms with van der Waals surface area (Å²) in [5.74, 6) is 0. The van der Waals surface area contributed by atoms with Crippen molar-refractivity contribution < 1.29 is 0 Å². The molecule has 0 atom stereocenters. The number of benzene rings is 7. The lowest BCUT2D eigenvalue weighted by Crippen LogP contribution is -2.01. The van der Waals surface area contributed by atoms with Gasteiger partial charge in [-0.3, -0.25) is 0 Å². The molecule has 0 saturated carbocycles. The minimum Gasteiger partial charge on any atom is -0.309 e. The van der Waals surface area contributed by atoms with Gasteiger partial charge in [0.25, 0.3) is 0 Å². The van der Waals surface area contributed by atoms with Crippen LogP contribution in [0.25, 0.3) is 94.1 Å². The van der Waals surface area contributed by atoms with E-state index in [1.165, 1.54) is 0 Å². The molecule has 0 amide bonds. The van der Waals surface area contributed by atoms with Crippen molar-refractivity contribution in [2.45, 2.75) is 0 Å². The molecule has 0 unspecified atom stereocenters. The third-order valence-corrected chi connectivity index (χ3v) is 9.99. The van der Waals surface area contributed by atoms with Gasteiger partial charge in [0.2, 0.25) is 0 Å². The van der Waals surface area contributed by atoms with Crippen LogP contribution in [0.2, 0.25) is 0 Å². The Labute approximate surface area is 295 Å². The van der Waals surface area contributed by atoms with Crippen molar-refractivity contribution in [1.29, 1.82) is 0 Å². The van der Waals surface area contributed by atoms with Crippen LogP contribution in [-0.4, -0.2) is 14.5 Å². The summed E-state index contributed by atoms with van der Waals surface area (Å²) in [5.41, 5.74) is 11.8. The number of hydrogen-bond donors (Lipinski definition) is 0. The highest BCUT2D eigenvalue weighted by Gasteiger charge is 2.21. The molecule has 10 rings (SSSR count). The Balaban J connectivity index is 1.33. The first-order valence-electron chi connectivity index (χ1n) is 17.3. The first-order chi connectivity index (χ1) is 25.3. The molecular weight excluding hydrogens is 619 g/mol. The van der Waals surface area contributed by atoms with Gasteiger partial charge < -0.3 is 4.57 Å². The summed E-state index contributed by atoms with van der Waals surface area (Å²) in [7, 11) is 0. The van der Waals surface area contributed by atoms with E-state index in [0.717, 1.165) is 94.1 Å². The van der Waals surface area contributed by atoms with Crippen LogP contribution in [-0.2, 0) is 0 Å². The van der Waals surface area contributed by atoms with Gasteiger partial charge in [0.15, 0.2) is 0 Å². The lowest BCUT2D eigenvalue weighted by Gasteiger charge is -2.20. The zero-order chi connectivity index (χ0) is 33.7. The highest BCUT2D eigenvalue weighted by molar-refractivity contribution is 6.21. The number of hydrogen-bond acceptors (Lipinski definition) is 2. The summed E-state index contributed by atoms with van der Waals surface area (Å²) in [5, 5.41) is 6.82. The van der Waals surface area contributed by atoms with Crippen molar-refractivity contribution in [1.82, 2.24) is 14.5 Å². The van der Waals surface area contributed by atoms with Gasteiger partial charge in [-0.2, -0.15) is 0 Å². The number of pyridine rings is 2. The maximum atomic E-state index is 5.29. The lowest BCUT2D eigenvalue weighted by molar-refractivity contribution is 1.10. The average Bonchev–Trinajstić information content (AvgIpc) is 3.65. The second-order valence-corrected chi connectivity index (χ2v) is 13.0. The Bertz CT molecular complexity index is 2850. The zero-order valence-electron chi connectivity index (χ0n) is 27.7. The predicted octanol–water partition coefficient (Wildman–Crippen LogP) is 12.5. The predicted molar refractivity (Wildman–Crippen MR) is 213 cm³/mol. The SMILES string of the molecule is c1ccc(-c2ccc(-c3ccccc3)n2-c2ccc3c(-c4ccc5ccccc5n4)c4ccccc4c(-c4ccc5ccccc5n4)c3c2)cc1. The first-order valence-corrected chi connectivity index (χ1v) is 17.3. The first kappa shape index (κ1) is 29.1. The van der Waals surface area contributed by atoms with Gasteiger partial charge in [-0.1, -0.05) is 140 Å². The summed E-state index contributed by atoms with van der Waals surface area (Å²) in [6, 6.07) is 66.8. The molecule has 0 saturated heterocycles. The monoisotopic (exact) mass is 649 g/mol. The van der Waals surface area contributed by atoms with Crippen LogP contribution in [0.5, 0.6) is 0 Å². The van der Waals surface area contributed by atoms with Crippen LogP contribution in [0.1, 0.15) is 0 Å². The smallest absolute Gasteiger partial charge is 0.0722 e. The van der Waals surface area contributed by atoms with Gasteiger partial charge in [0.1, 0.15) is 0 Å². The Morgan fingerprint density at radius 3 is 1.33 bits per heavy atom. The molecule has 238 valence electrons. The molecule has 0 aliphatic carbocycles. The summed E-state index contributed by atoms with van der Waals surface area (Å²) >= 11 is 0. The minimum absolute atomic E-state index is 0.948. The minimum atomic E-state index is 0.948. The maximum absolute atomic E-state index is 5.29. The van der Waals surface area contributed by atoms with E-state index < -0.39 is 0 Å². The van der Waals surface area contributed by atoms with Crippen LogP contribution >= 0.6 is 0 Å². The van der Waals surface area contributed by atoms with E-state index in [0.29, 0.717) is 0 Å². The van der Waals surface area contributed by atoms with Crippen LogP contribution < -0.4 is 0 Å². The molecule has 0 fully saturated rings. The van der Waals surface area contributed by atoms with Crippen molar-refractivity contribution in [3.8, 4) is 50.7 Å². The molecule has 0 spiro atoms. The maximum Gasteiger partial charge on any atom is 0.0722 e. The molecule has 3 nitrogen and oxygen atoms in total. The fraction of sp³-hybridized carbons (Fsp3) is 0. The second-order valence-electron chi connectivity index (χ2n) is 13.0. The Hall–Kier alpha value is -6.84. The molecule has 0 bridgehead atoms. The molecule has 3 heterocycles. The number of rotatable bonds is 5. The van der Waals surface area contributed by atoms with E-state index in [1.54, 1.807) is 0 Å². The summed E-state index contributed by atoms with van der Waals surface area (Å²) in [4.78, 5) is 10.5. The van der Waals surface area contributed by atoms with Gasteiger partial charge in [0.05, 0.1) is 33.8 Å². The third-order valence-electron chi connectivity index (χ3n) is 9.99. The van der Waals surface area contributed by atoms with Gasteiger partial charge >= 0.3 is 0 Å². The molecule has 7 aromatic carbocycles. The molecule has 3 heteroatoms. The normalized spacial score (nSPS) is 11.5. The molecule has 10 aromatic rings. The van der Waals surface area contributed by atoms with Crippen LogP contribution in [0, 0.1) is 0 Å². The molecular formula is C48H31N3. The largest absolute Gasteiger partial charge is 0.309 e. The van der Waals surface area contributed by atoms with E-state index in [2.05, 4.69) is 193 Å². The topological polar surface area (TPSA) is 30.7 Å². The number of para-hydroxylation sites is 2. The second kappa shape index (κ2) is 11.9. The molecule has 0 aliphatic rings.